The molecule has 0 N–H and O–H groups in total. The zero-order valence-electron chi connectivity index (χ0n) is 16.3. The van der Waals surface area contributed by atoms with Gasteiger partial charge in [0.15, 0.2) is 0 Å². The summed E-state index contributed by atoms with van der Waals surface area (Å²) >= 11 is 0. The third-order valence-electron chi connectivity index (χ3n) is 4.80. The molecule has 154 valence electrons. The van der Waals surface area contributed by atoms with Crippen molar-refractivity contribution in [3.63, 3.8) is 0 Å². The van der Waals surface area contributed by atoms with E-state index in [0.29, 0.717) is 5.75 Å². The van der Waals surface area contributed by atoms with Crippen molar-refractivity contribution in [1.82, 2.24) is 9.21 Å². The molecule has 2 aromatic rings. The Morgan fingerprint density at radius 1 is 1.10 bits per heavy atom. The number of benzene rings is 2. The van der Waals surface area contributed by atoms with Crippen LogP contribution >= 0.6 is 0 Å². The average molecular weight is 418 g/mol. The van der Waals surface area contributed by atoms with Gasteiger partial charge in [-0.3, -0.25) is 4.79 Å². The van der Waals surface area contributed by atoms with E-state index in [9.17, 15) is 17.6 Å². The summed E-state index contributed by atoms with van der Waals surface area (Å²) in [5.74, 6) is -0.321. The van der Waals surface area contributed by atoms with Crippen molar-refractivity contribution in [1.29, 1.82) is 0 Å². The molecule has 1 heterocycles. The number of piperazine rings is 1. The van der Waals surface area contributed by atoms with Gasteiger partial charge in [0.25, 0.3) is 0 Å². The predicted molar refractivity (Wildman–Crippen MR) is 109 cm³/mol. The van der Waals surface area contributed by atoms with Gasteiger partial charge in [-0.25, -0.2) is 12.8 Å². The van der Waals surface area contributed by atoms with Gasteiger partial charge in [0.05, 0.1) is 7.11 Å². The Morgan fingerprint density at radius 3 is 2.45 bits per heavy atom. The van der Waals surface area contributed by atoms with Gasteiger partial charge < -0.3 is 9.64 Å². The SMILES string of the molecule is COc1ccc(C)cc1/C=C/C(=O)N1CCN(S(=O)(=O)c2ccccc2F)CC1. The number of carbonyl (C=O) groups is 1. The van der Waals surface area contributed by atoms with Gasteiger partial charge in [0, 0.05) is 37.8 Å². The largest absolute Gasteiger partial charge is 0.496 e. The Labute approximate surface area is 170 Å². The van der Waals surface area contributed by atoms with Crippen LogP contribution in [0.4, 0.5) is 4.39 Å². The molecule has 0 radical (unpaired) electrons. The Balaban J connectivity index is 1.66. The predicted octanol–water partition coefficient (Wildman–Crippen LogP) is 2.69. The molecular weight excluding hydrogens is 395 g/mol. The molecule has 0 atom stereocenters. The van der Waals surface area contributed by atoms with E-state index in [4.69, 9.17) is 4.74 Å². The molecule has 0 aliphatic carbocycles. The average Bonchev–Trinajstić information content (AvgIpc) is 2.72. The van der Waals surface area contributed by atoms with E-state index in [2.05, 4.69) is 0 Å². The molecule has 1 amide bonds. The molecule has 1 saturated heterocycles. The van der Waals surface area contributed by atoms with E-state index in [-0.39, 0.29) is 37.0 Å². The molecule has 0 spiro atoms. The quantitative estimate of drug-likeness (QED) is 0.701. The number of sulfonamides is 1. The first kappa shape index (κ1) is 21.0. The minimum Gasteiger partial charge on any atom is -0.496 e. The number of ether oxygens (including phenoxy) is 1. The van der Waals surface area contributed by atoms with Crippen molar-refractivity contribution in [3.05, 3.63) is 65.5 Å². The van der Waals surface area contributed by atoms with Crippen LogP contribution in [0.3, 0.4) is 0 Å². The molecule has 1 aliphatic rings. The molecule has 0 bridgehead atoms. The minimum atomic E-state index is -3.93. The third-order valence-corrected chi connectivity index (χ3v) is 6.73. The minimum absolute atomic E-state index is 0.115. The fourth-order valence-electron chi connectivity index (χ4n) is 3.19. The van der Waals surface area contributed by atoms with E-state index >= 15 is 0 Å². The third kappa shape index (κ3) is 4.65. The molecule has 3 rings (SSSR count). The molecule has 0 aromatic heterocycles. The number of nitrogens with zero attached hydrogens (tertiary/aromatic N) is 2. The lowest BCUT2D eigenvalue weighted by molar-refractivity contribution is -0.127. The Hall–Kier alpha value is -2.71. The normalized spacial score (nSPS) is 15.6. The first-order chi connectivity index (χ1) is 13.8. The highest BCUT2D eigenvalue weighted by atomic mass is 32.2. The maximum atomic E-state index is 13.9. The topological polar surface area (TPSA) is 66.9 Å². The molecule has 2 aromatic carbocycles. The lowest BCUT2D eigenvalue weighted by Crippen LogP contribution is -2.50. The molecule has 29 heavy (non-hydrogen) atoms. The summed E-state index contributed by atoms with van der Waals surface area (Å²) in [5, 5.41) is 0. The lowest BCUT2D eigenvalue weighted by Gasteiger charge is -2.33. The van der Waals surface area contributed by atoms with E-state index in [0.717, 1.165) is 17.2 Å². The highest BCUT2D eigenvalue weighted by molar-refractivity contribution is 7.89. The number of rotatable bonds is 5. The maximum absolute atomic E-state index is 13.9. The van der Waals surface area contributed by atoms with E-state index in [1.54, 1.807) is 18.1 Å². The summed E-state index contributed by atoms with van der Waals surface area (Å²) in [6.45, 7) is 2.66. The van der Waals surface area contributed by atoms with Crippen molar-refractivity contribution in [2.45, 2.75) is 11.8 Å². The van der Waals surface area contributed by atoms with Crippen LogP contribution in [0.1, 0.15) is 11.1 Å². The first-order valence-electron chi connectivity index (χ1n) is 9.19. The van der Waals surface area contributed by atoms with Crippen LogP contribution in [0.5, 0.6) is 5.75 Å². The van der Waals surface area contributed by atoms with Crippen LogP contribution in [-0.2, 0) is 14.8 Å². The van der Waals surface area contributed by atoms with Crippen LogP contribution in [0.2, 0.25) is 0 Å². The van der Waals surface area contributed by atoms with Crippen LogP contribution in [0.15, 0.2) is 53.4 Å². The van der Waals surface area contributed by atoms with Gasteiger partial charge >= 0.3 is 0 Å². The zero-order chi connectivity index (χ0) is 21.0. The lowest BCUT2D eigenvalue weighted by atomic mass is 10.1. The van der Waals surface area contributed by atoms with Crippen molar-refractivity contribution in [2.75, 3.05) is 33.3 Å². The molecule has 0 unspecified atom stereocenters. The fourth-order valence-corrected chi connectivity index (χ4v) is 4.68. The fraction of sp³-hybridized carbons (Fsp3) is 0.286. The second-order valence-electron chi connectivity index (χ2n) is 6.74. The Morgan fingerprint density at radius 2 is 1.79 bits per heavy atom. The molecular formula is C21H23FN2O4S. The molecule has 1 fully saturated rings. The van der Waals surface area contributed by atoms with E-state index in [1.165, 1.54) is 28.6 Å². The summed E-state index contributed by atoms with van der Waals surface area (Å²) < 4.78 is 45.7. The van der Waals surface area contributed by atoms with Crippen molar-refractivity contribution >= 4 is 22.0 Å². The van der Waals surface area contributed by atoms with E-state index in [1.807, 2.05) is 25.1 Å². The number of hydrogen-bond acceptors (Lipinski definition) is 4. The van der Waals surface area contributed by atoms with Gasteiger partial charge in [-0.2, -0.15) is 4.31 Å². The number of carbonyl (C=O) groups excluding carboxylic acids is 1. The van der Waals surface area contributed by atoms with Gasteiger partial charge in [-0.05, 0) is 37.3 Å². The van der Waals surface area contributed by atoms with Crippen LogP contribution < -0.4 is 4.74 Å². The molecule has 8 heteroatoms. The number of aryl methyl sites for hydroxylation is 1. The Bertz CT molecular complexity index is 1030. The van der Waals surface area contributed by atoms with Crippen molar-refractivity contribution in [2.24, 2.45) is 0 Å². The highest BCUT2D eigenvalue weighted by Gasteiger charge is 2.31. The smallest absolute Gasteiger partial charge is 0.246 e. The van der Waals surface area contributed by atoms with E-state index < -0.39 is 15.8 Å². The van der Waals surface area contributed by atoms with Gasteiger partial charge in [0.1, 0.15) is 16.5 Å². The number of hydrogen-bond donors (Lipinski definition) is 0. The summed E-state index contributed by atoms with van der Waals surface area (Å²) in [5.41, 5.74) is 1.84. The molecule has 1 aliphatic heterocycles. The van der Waals surface area contributed by atoms with Gasteiger partial charge in [0.2, 0.25) is 15.9 Å². The molecule has 6 nitrogen and oxygen atoms in total. The highest BCUT2D eigenvalue weighted by Crippen LogP contribution is 2.22. The summed E-state index contributed by atoms with van der Waals surface area (Å²) in [7, 11) is -2.36. The number of halogens is 1. The first-order valence-corrected chi connectivity index (χ1v) is 10.6. The second kappa shape index (κ2) is 8.75. The second-order valence-corrected chi connectivity index (χ2v) is 8.64. The maximum Gasteiger partial charge on any atom is 0.246 e. The van der Waals surface area contributed by atoms with Gasteiger partial charge in [-0.15, -0.1) is 0 Å². The van der Waals surface area contributed by atoms with Crippen LogP contribution in [-0.4, -0.2) is 56.8 Å². The molecule has 0 saturated carbocycles. The van der Waals surface area contributed by atoms with Crippen molar-refractivity contribution in [3.8, 4) is 5.75 Å². The zero-order valence-corrected chi connectivity index (χ0v) is 17.2. The monoisotopic (exact) mass is 418 g/mol. The van der Waals surface area contributed by atoms with Gasteiger partial charge in [-0.1, -0.05) is 23.8 Å². The number of methoxy groups -OCH3 is 1. The summed E-state index contributed by atoms with van der Waals surface area (Å²) in [6, 6.07) is 11.0. The van der Waals surface area contributed by atoms with Crippen LogP contribution in [0, 0.1) is 12.7 Å². The summed E-state index contributed by atoms with van der Waals surface area (Å²) in [4.78, 5) is 13.7. The van der Waals surface area contributed by atoms with Crippen molar-refractivity contribution < 1.29 is 22.3 Å². The standard InChI is InChI=1S/C21H23FN2O4S/c1-16-7-9-19(28-2)17(15-16)8-10-21(25)23-11-13-24(14-12-23)29(26,27)20-6-4-3-5-18(20)22/h3-10,15H,11-14H2,1-2H3/b10-8+. The number of amides is 1. The van der Waals surface area contributed by atoms with Crippen LogP contribution in [0.25, 0.3) is 6.08 Å². The Kier molecular flexibility index (Phi) is 6.34. The summed E-state index contributed by atoms with van der Waals surface area (Å²) in [6.07, 6.45) is 3.15.